The zero-order valence-electron chi connectivity index (χ0n) is 11.4. The summed E-state index contributed by atoms with van der Waals surface area (Å²) in [4.78, 5) is 9.04. The van der Waals surface area contributed by atoms with E-state index in [2.05, 4.69) is 36.1 Å². The van der Waals surface area contributed by atoms with Crippen molar-refractivity contribution in [3.05, 3.63) is 17.6 Å². The molecule has 1 N–H and O–H groups in total. The summed E-state index contributed by atoms with van der Waals surface area (Å²) in [6.07, 6.45) is 1.82. The minimum Gasteiger partial charge on any atom is -0.373 e. The van der Waals surface area contributed by atoms with Crippen LogP contribution in [0.25, 0.3) is 0 Å². The van der Waals surface area contributed by atoms with Crippen molar-refractivity contribution in [3.63, 3.8) is 0 Å². The number of hydrogen-bond donors (Lipinski definition) is 1. The Labute approximate surface area is 104 Å². The van der Waals surface area contributed by atoms with E-state index in [0.717, 1.165) is 30.2 Å². The van der Waals surface area contributed by atoms with E-state index < -0.39 is 0 Å². The maximum atomic E-state index is 5.39. The normalized spacial score (nSPS) is 12.8. The van der Waals surface area contributed by atoms with Gasteiger partial charge in [-0.25, -0.2) is 9.97 Å². The van der Waals surface area contributed by atoms with E-state index in [9.17, 15) is 0 Å². The second-order valence-electron chi connectivity index (χ2n) is 4.58. The molecule has 0 aliphatic carbocycles. The number of anilines is 1. The molecule has 17 heavy (non-hydrogen) atoms. The molecule has 0 aliphatic rings. The number of ether oxygens (including phenoxy) is 1. The van der Waals surface area contributed by atoms with Crippen LogP contribution in [0, 0.1) is 5.92 Å². The van der Waals surface area contributed by atoms with Gasteiger partial charge in [-0.1, -0.05) is 20.8 Å². The summed E-state index contributed by atoms with van der Waals surface area (Å²) in [5, 5.41) is 3.08. The predicted molar refractivity (Wildman–Crippen MR) is 70.2 cm³/mol. The topological polar surface area (TPSA) is 47.0 Å². The fourth-order valence-electron chi connectivity index (χ4n) is 1.77. The van der Waals surface area contributed by atoms with Gasteiger partial charge in [-0.3, -0.25) is 0 Å². The summed E-state index contributed by atoms with van der Waals surface area (Å²) in [5.41, 5.74) is 1.07. The molecule has 4 heteroatoms. The van der Waals surface area contributed by atoms with Crippen molar-refractivity contribution in [2.24, 2.45) is 5.92 Å². The monoisotopic (exact) mass is 237 g/mol. The third-order valence-corrected chi connectivity index (χ3v) is 2.61. The van der Waals surface area contributed by atoms with Crippen LogP contribution in [0.5, 0.6) is 0 Å². The first kappa shape index (κ1) is 13.9. The van der Waals surface area contributed by atoms with Crippen LogP contribution in [0.4, 0.5) is 5.82 Å². The van der Waals surface area contributed by atoms with Crippen molar-refractivity contribution in [3.8, 4) is 0 Å². The highest BCUT2D eigenvalue weighted by atomic mass is 16.5. The van der Waals surface area contributed by atoms with Gasteiger partial charge in [0.2, 0.25) is 0 Å². The van der Waals surface area contributed by atoms with Crippen LogP contribution in [-0.4, -0.2) is 24.1 Å². The average molecular weight is 237 g/mol. The van der Waals surface area contributed by atoms with Gasteiger partial charge in [-0.2, -0.15) is 0 Å². The van der Waals surface area contributed by atoms with Gasteiger partial charge in [0.1, 0.15) is 11.9 Å². The summed E-state index contributed by atoms with van der Waals surface area (Å²) < 4.78 is 5.39. The van der Waals surface area contributed by atoms with Crippen LogP contribution in [0.15, 0.2) is 6.07 Å². The lowest BCUT2D eigenvalue weighted by molar-refractivity contribution is 0.0924. The first-order chi connectivity index (χ1) is 8.10. The van der Waals surface area contributed by atoms with Crippen LogP contribution >= 0.6 is 0 Å². The first-order valence-corrected chi connectivity index (χ1v) is 6.19. The second-order valence-corrected chi connectivity index (χ2v) is 4.58. The lowest BCUT2D eigenvalue weighted by Gasteiger charge is -2.15. The summed E-state index contributed by atoms with van der Waals surface area (Å²) in [6.45, 7) is 6.45. The highest BCUT2D eigenvalue weighted by molar-refractivity contribution is 5.35. The molecule has 0 spiro atoms. The zero-order valence-corrected chi connectivity index (χ0v) is 11.4. The SMILES string of the molecule is CCC(OC)c1nc(CC(C)C)cc(NC)n1. The van der Waals surface area contributed by atoms with Crippen LogP contribution in [0.1, 0.15) is 44.8 Å². The molecule has 1 unspecified atom stereocenters. The molecule has 0 saturated carbocycles. The molecule has 1 rings (SSSR count). The van der Waals surface area contributed by atoms with Crippen LogP contribution in [-0.2, 0) is 11.2 Å². The van der Waals surface area contributed by atoms with Gasteiger partial charge in [-0.05, 0) is 18.8 Å². The van der Waals surface area contributed by atoms with E-state index in [-0.39, 0.29) is 6.10 Å². The fourth-order valence-corrected chi connectivity index (χ4v) is 1.77. The van der Waals surface area contributed by atoms with Crippen LogP contribution in [0.3, 0.4) is 0 Å². The smallest absolute Gasteiger partial charge is 0.159 e. The molecule has 1 aromatic rings. The lowest BCUT2D eigenvalue weighted by atomic mass is 10.1. The quantitative estimate of drug-likeness (QED) is 0.826. The largest absolute Gasteiger partial charge is 0.373 e. The van der Waals surface area contributed by atoms with Gasteiger partial charge in [0.15, 0.2) is 5.82 Å². The Bertz CT molecular complexity index is 349. The first-order valence-electron chi connectivity index (χ1n) is 6.19. The summed E-state index contributed by atoms with van der Waals surface area (Å²) in [7, 11) is 3.57. The minimum atomic E-state index is -0.0192. The Kier molecular flexibility index (Phi) is 5.35. The summed E-state index contributed by atoms with van der Waals surface area (Å²) >= 11 is 0. The summed E-state index contributed by atoms with van der Waals surface area (Å²) in [6, 6.07) is 2.01. The van der Waals surface area contributed by atoms with Gasteiger partial charge in [-0.15, -0.1) is 0 Å². The number of hydrogen-bond acceptors (Lipinski definition) is 4. The van der Waals surface area contributed by atoms with Crippen molar-refractivity contribution in [1.29, 1.82) is 0 Å². The Morgan fingerprint density at radius 1 is 1.35 bits per heavy atom. The molecule has 0 fully saturated rings. The van der Waals surface area contributed by atoms with Gasteiger partial charge < -0.3 is 10.1 Å². The van der Waals surface area contributed by atoms with E-state index in [0.29, 0.717) is 5.92 Å². The van der Waals surface area contributed by atoms with Crippen molar-refractivity contribution in [1.82, 2.24) is 9.97 Å². The third kappa shape index (κ3) is 3.97. The molecule has 0 bridgehead atoms. The van der Waals surface area contributed by atoms with Crippen LogP contribution in [0.2, 0.25) is 0 Å². The molecule has 0 saturated heterocycles. The standard InChI is InChI=1S/C13H23N3O/c1-6-11(17-5)13-15-10(7-9(2)3)8-12(14-4)16-13/h8-9,11H,6-7H2,1-5H3,(H,14,15,16). The molecule has 96 valence electrons. The number of nitrogens with zero attached hydrogens (tertiary/aromatic N) is 2. The van der Waals surface area contributed by atoms with Gasteiger partial charge in [0, 0.05) is 25.9 Å². The van der Waals surface area contributed by atoms with Crippen LogP contribution < -0.4 is 5.32 Å². The highest BCUT2D eigenvalue weighted by Gasteiger charge is 2.14. The number of aromatic nitrogens is 2. The van der Waals surface area contributed by atoms with Crippen molar-refractivity contribution in [2.45, 2.75) is 39.7 Å². The maximum Gasteiger partial charge on any atom is 0.159 e. The molecule has 0 aromatic carbocycles. The molecule has 4 nitrogen and oxygen atoms in total. The number of nitrogens with one attached hydrogen (secondary N) is 1. The summed E-state index contributed by atoms with van der Waals surface area (Å²) in [5.74, 6) is 2.23. The second kappa shape index (κ2) is 6.55. The minimum absolute atomic E-state index is 0.0192. The molecule has 0 radical (unpaired) electrons. The molecule has 0 amide bonds. The predicted octanol–water partition coefficient (Wildman–Crippen LogP) is 2.81. The Hall–Kier alpha value is -1.16. The molecular weight excluding hydrogens is 214 g/mol. The van der Waals surface area contributed by atoms with Gasteiger partial charge in [0.25, 0.3) is 0 Å². The van der Waals surface area contributed by atoms with Crippen molar-refractivity contribution >= 4 is 5.82 Å². The van der Waals surface area contributed by atoms with E-state index in [1.54, 1.807) is 7.11 Å². The Morgan fingerprint density at radius 2 is 2.06 bits per heavy atom. The molecule has 1 aromatic heterocycles. The van der Waals surface area contributed by atoms with Crippen molar-refractivity contribution < 1.29 is 4.74 Å². The molecule has 1 heterocycles. The van der Waals surface area contributed by atoms with E-state index >= 15 is 0 Å². The Balaban J connectivity index is 3.03. The Morgan fingerprint density at radius 3 is 2.53 bits per heavy atom. The molecule has 0 aliphatic heterocycles. The molecule has 1 atom stereocenters. The van der Waals surface area contributed by atoms with E-state index in [1.165, 1.54) is 0 Å². The number of methoxy groups -OCH3 is 1. The van der Waals surface area contributed by atoms with Gasteiger partial charge in [0.05, 0.1) is 0 Å². The van der Waals surface area contributed by atoms with E-state index in [1.807, 2.05) is 13.1 Å². The van der Waals surface area contributed by atoms with E-state index in [4.69, 9.17) is 4.74 Å². The average Bonchev–Trinajstić information content (AvgIpc) is 2.29. The van der Waals surface area contributed by atoms with Gasteiger partial charge >= 0.3 is 0 Å². The fraction of sp³-hybridized carbons (Fsp3) is 0.692. The lowest BCUT2D eigenvalue weighted by Crippen LogP contribution is -2.10. The van der Waals surface area contributed by atoms with Crippen molar-refractivity contribution in [2.75, 3.05) is 19.5 Å². The number of rotatable bonds is 6. The molecular formula is C13H23N3O. The third-order valence-electron chi connectivity index (χ3n) is 2.61. The maximum absolute atomic E-state index is 5.39. The zero-order chi connectivity index (χ0) is 12.8. The highest BCUT2D eigenvalue weighted by Crippen LogP contribution is 2.19.